The highest BCUT2D eigenvalue weighted by atomic mass is 32.2. The van der Waals surface area contributed by atoms with E-state index in [1.54, 1.807) is 6.92 Å². The molecule has 0 aliphatic heterocycles. The minimum absolute atomic E-state index is 0.0729. The normalized spacial score (nSPS) is 11.8. The molecule has 0 saturated carbocycles. The second kappa shape index (κ2) is 9.38. The number of nitrogens with one attached hydrogen (secondary N) is 1. The maximum atomic E-state index is 12.1. The van der Waals surface area contributed by atoms with E-state index in [-0.39, 0.29) is 5.91 Å². The van der Waals surface area contributed by atoms with Gasteiger partial charge in [-0.25, -0.2) is 0 Å². The maximum absolute atomic E-state index is 12.1. The van der Waals surface area contributed by atoms with Crippen molar-refractivity contribution >= 4 is 17.7 Å². The molecule has 0 spiro atoms. The zero-order chi connectivity index (χ0) is 17.4. The highest BCUT2D eigenvalue weighted by molar-refractivity contribution is 7.98. The second-order valence-electron chi connectivity index (χ2n) is 5.79. The SMILES string of the molecule is Cc1cccc(O[C@H](C)C(=O)NCCSCc2ccccc2)c1C. The Morgan fingerprint density at radius 1 is 1.12 bits per heavy atom. The van der Waals surface area contributed by atoms with Crippen LogP contribution in [0.4, 0.5) is 0 Å². The lowest BCUT2D eigenvalue weighted by atomic mass is 10.1. The summed E-state index contributed by atoms with van der Waals surface area (Å²) in [5, 5.41) is 2.94. The third kappa shape index (κ3) is 5.60. The molecule has 2 aromatic rings. The molecule has 3 nitrogen and oxygen atoms in total. The monoisotopic (exact) mass is 343 g/mol. The second-order valence-corrected chi connectivity index (χ2v) is 6.89. The number of ether oxygens (including phenoxy) is 1. The Morgan fingerprint density at radius 3 is 2.62 bits per heavy atom. The van der Waals surface area contributed by atoms with Crippen LogP contribution >= 0.6 is 11.8 Å². The van der Waals surface area contributed by atoms with Crippen LogP contribution in [-0.2, 0) is 10.5 Å². The van der Waals surface area contributed by atoms with E-state index in [2.05, 4.69) is 17.4 Å². The van der Waals surface area contributed by atoms with Crippen LogP contribution in [0.1, 0.15) is 23.6 Å². The van der Waals surface area contributed by atoms with Gasteiger partial charge in [-0.2, -0.15) is 11.8 Å². The Bertz CT molecular complexity index is 658. The van der Waals surface area contributed by atoms with E-state index >= 15 is 0 Å². The average molecular weight is 343 g/mol. The zero-order valence-electron chi connectivity index (χ0n) is 14.5. The quantitative estimate of drug-likeness (QED) is 0.733. The molecule has 1 atom stereocenters. The van der Waals surface area contributed by atoms with Gasteiger partial charge < -0.3 is 10.1 Å². The Kier molecular flexibility index (Phi) is 7.19. The Morgan fingerprint density at radius 2 is 1.88 bits per heavy atom. The highest BCUT2D eigenvalue weighted by Crippen LogP contribution is 2.21. The van der Waals surface area contributed by atoms with Crippen molar-refractivity contribution in [2.75, 3.05) is 12.3 Å². The third-order valence-corrected chi connectivity index (χ3v) is 4.92. The average Bonchev–Trinajstić information content (AvgIpc) is 2.59. The predicted molar refractivity (Wildman–Crippen MR) is 102 cm³/mol. The Labute approximate surface area is 148 Å². The summed E-state index contributed by atoms with van der Waals surface area (Å²) in [4.78, 5) is 12.1. The van der Waals surface area contributed by atoms with Gasteiger partial charge in [0.25, 0.3) is 5.91 Å². The number of carbonyl (C=O) groups excluding carboxylic acids is 1. The summed E-state index contributed by atoms with van der Waals surface area (Å²) in [6.07, 6.45) is -0.496. The van der Waals surface area contributed by atoms with Gasteiger partial charge in [0.15, 0.2) is 6.10 Å². The van der Waals surface area contributed by atoms with Crippen molar-refractivity contribution in [3.63, 3.8) is 0 Å². The molecule has 0 aromatic heterocycles. The molecule has 0 aliphatic rings. The van der Waals surface area contributed by atoms with Crippen LogP contribution < -0.4 is 10.1 Å². The number of carbonyl (C=O) groups is 1. The van der Waals surface area contributed by atoms with Crippen LogP contribution in [0.3, 0.4) is 0 Å². The van der Waals surface area contributed by atoms with Gasteiger partial charge in [0, 0.05) is 18.1 Å². The molecule has 24 heavy (non-hydrogen) atoms. The van der Waals surface area contributed by atoms with Gasteiger partial charge in [0.05, 0.1) is 0 Å². The number of benzene rings is 2. The van der Waals surface area contributed by atoms with E-state index in [9.17, 15) is 4.79 Å². The van der Waals surface area contributed by atoms with E-state index in [0.29, 0.717) is 6.54 Å². The molecule has 4 heteroatoms. The van der Waals surface area contributed by atoms with Crippen LogP contribution in [0.5, 0.6) is 5.75 Å². The lowest BCUT2D eigenvalue weighted by Crippen LogP contribution is -2.37. The summed E-state index contributed by atoms with van der Waals surface area (Å²) in [6.45, 7) is 6.48. The molecule has 0 aliphatic carbocycles. The van der Waals surface area contributed by atoms with E-state index in [4.69, 9.17) is 4.74 Å². The van der Waals surface area contributed by atoms with Crippen LogP contribution in [0.25, 0.3) is 0 Å². The molecule has 0 unspecified atom stereocenters. The summed E-state index contributed by atoms with van der Waals surface area (Å²) >= 11 is 1.81. The summed E-state index contributed by atoms with van der Waals surface area (Å²) in [6, 6.07) is 16.2. The number of amides is 1. The van der Waals surface area contributed by atoms with E-state index < -0.39 is 6.10 Å². The fraction of sp³-hybridized carbons (Fsp3) is 0.350. The van der Waals surface area contributed by atoms with Crippen molar-refractivity contribution in [2.24, 2.45) is 0 Å². The van der Waals surface area contributed by atoms with Crippen molar-refractivity contribution in [1.82, 2.24) is 5.32 Å². The van der Waals surface area contributed by atoms with Crippen LogP contribution in [-0.4, -0.2) is 24.3 Å². The van der Waals surface area contributed by atoms with Crippen molar-refractivity contribution in [3.8, 4) is 5.75 Å². The van der Waals surface area contributed by atoms with Crippen molar-refractivity contribution < 1.29 is 9.53 Å². The van der Waals surface area contributed by atoms with E-state index in [1.807, 2.05) is 62.0 Å². The number of hydrogen-bond donors (Lipinski definition) is 1. The number of aryl methyl sites for hydroxylation is 1. The molecule has 1 N–H and O–H groups in total. The fourth-order valence-electron chi connectivity index (χ4n) is 2.25. The summed E-state index contributed by atoms with van der Waals surface area (Å²) < 4.78 is 5.80. The third-order valence-electron chi connectivity index (χ3n) is 3.89. The van der Waals surface area contributed by atoms with Gasteiger partial charge in [-0.15, -0.1) is 0 Å². The first-order valence-corrected chi connectivity index (χ1v) is 9.35. The topological polar surface area (TPSA) is 38.3 Å². The molecule has 0 bridgehead atoms. The molecule has 2 rings (SSSR count). The van der Waals surface area contributed by atoms with E-state index in [0.717, 1.165) is 28.4 Å². The number of rotatable bonds is 8. The predicted octanol–water partition coefficient (Wildman–Crippen LogP) is 4.12. The maximum Gasteiger partial charge on any atom is 0.260 e. The minimum atomic E-state index is -0.496. The van der Waals surface area contributed by atoms with Gasteiger partial charge in [0.1, 0.15) is 5.75 Å². The molecular weight excluding hydrogens is 318 g/mol. The minimum Gasteiger partial charge on any atom is -0.481 e. The molecule has 0 radical (unpaired) electrons. The lowest BCUT2D eigenvalue weighted by molar-refractivity contribution is -0.127. The van der Waals surface area contributed by atoms with Gasteiger partial charge in [-0.3, -0.25) is 4.79 Å². The van der Waals surface area contributed by atoms with Gasteiger partial charge in [-0.05, 0) is 43.5 Å². The molecule has 0 fully saturated rings. The van der Waals surface area contributed by atoms with Gasteiger partial charge in [0.2, 0.25) is 0 Å². The zero-order valence-corrected chi connectivity index (χ0v) is 15.4. The number of thioether (sulfide) groups is 1. The largest absolute Gasteiger partial charge is 0.481 e. The molecule has 0 saturated heterocycles. The first kappa shape index (κ1) is 18.4. The van der Waals surface area contributed by atoms with E-state index in [1.165, 1.54) is 5.56 Å². The van der Waals surface area contributed by atoms with Crippen LogP contribution in [0, 0.1) is 13.8 Å². The molecule has 2 aromatic carbocycles. The van der Waals surface area contributed by atoms with Crippen LogP contribution in [0.15, 0.2) is 48.5 Å². The summed E-state index contributed by atoms with van der Waals surface area (Å²) in [5.41, 5.74) is 3.55. The van der Waals surface area contributed by atoms with Gasteiger partial charge >= 0.3 is 0 Å². The first-order chi connectivity index (χ1) is 11.6. The molecular formula is C20H25NO2S. The first-order valence-electron chi connectivity index (χ1n) is 8.20. The molecule has 0 heterocycles. The number of hydrogen-bond acceptors (Lipinski definition) is 3. The summed E-state index contributed by atoms with van der Waals surface area (Å²) in [7, 11) is 0. The van der Waals surface area contributed by atoms with Crippen molar-refractivity contribution in [3.05, 3.63) is 65.2 Å². The van der Waals surface area contributed by atoms with Crippen LogP contribution in [0.2, 0.25) is 0 Å². The van der Waals surface area contributed by atoms with Gasteiger partial charge in [-0.1, -0.05) is 42.5 Å². The summed E-state index contributed by atoms with van der Waals surface area (Å²) in [5.74, 6) is 2.55. The van der Waals surface area contributed by atoms with Crippen molar-refractivity contribution in [2.45, 2.75) is 32.6 Å². The van der Waals surface area contributed by atoms with Crippen molar-refractivity contribution in [1.29, 1.82) is 0 Å². The smallest absolute Gasteiger partial charge is 0.260 e. The lowest BCUT2D eigenvalue weighted by Gasteiger charge is -2.17. The fourth-order valence-corrected chi connectivity index (χ4v) is 3.07. The molecule has 1 amide bonds. The molecule has 128 valence electrons. The Hall–Kier alpha value is -1.94. The highest BCUT2D eigenvalue weighted by Gasteiger charge is 2.15. The Balaban J connectivity index is 1.69. The standard InChI is InChI=1S/C20H25NO2S/c1-15-8-7-11-19(16(15)2)23-17(3)20(22)21-12-13-24-14-18-9-5-4-6-10-18/h4-11,17H,12-14H2,1-3H3,(H,21,22)/t17-/m1/s1.